The van der Waals surface area contributed by atoms with Gasteiger partial charge in [0.1, 0.15) is 17.9 Å². The molecule has 132 valence electrons. The Morgan fingerprint density at radius 1 is 1.20 bits per heavy atom. The van der Waals surface area contributed by atoms with Gasteiger partial charge in [0.25, 0.3) is 5.91 Å². The fraction of sp³-hybridized carbons (Fsp3) is 0.368. The minimum Gasteiger partial charge on any atom is -0.496 e. The van der Waals surface area contributed by atoms with Crippen LogP contribution in [0, 0.1) is 0 Å². The van der Waals surface area contributed by atoms with Crippen LogP contribution in [-0.4, -0.2) is 44.4 Å². The van der Waals surface area contributed by atoms with Crippen molar-refractivity contribution in [3.8, 4) is 11.6 Å². The van der Waals surface area contributed by atoms with E-state index in [-0.39, 0.29) is 17.9 Å². The van der Waals surface area contributed by atoms with Gasteiger partial charge in [0, 0.05) is 25.3 Å². The number of nitrogens with zero attached hydrogens (tertiary/aromatic N) is 1. The van der Waals surface area contributed by atoms with Crippen LogP contribution in [0.4, 0.5) is 0 Å². The van der Waals surface area contributed by atoms with E-state index in [1.165, 1.54) is 0 Å². The number of rotatable bonds is 8. The minimum atomic E-state index is -0.178. The summed E-state index contributed by atoms with van der Waals surface area (Å²) in [5.41, 5.74) is 1.56. The smallest absolute Gasteiger partial charge is 0.257 e. The van der Waals surface area contributed by atoms with Gasteiger partial charge in [-0.05, 0) is 30.2 Å². The van der Waals surface area contributed by atoms with Crippen LogP contribution in [0.3, 0.4) is 0 Å². The van der Waals surface area contributed by atoms with Gasteiger partial charge in [0.05, 0.1) is 13.7 Å². The van der Waals surface area contributed by atoms with Crippen LogP contribution in [-0.2, 0) is 4.74 Å². The van der Waals surface area contributed by atoms with Crippen molar-refractivity contribution in [2.75, 3.05) is 27.4 Å². The lowest BCUT2D eigenvalue weighted by molar-refractivity contribution is 0.0940. The first kappa shape index (κ1) is 17.2. The fourth-order valence-electron chi connectivity index (χ4n) is 2.82. The van der Waals surface area contributed by atoms with Crippen LogP contribution < -0.4 is 14.8 Å². The van der Waals surface area contributed by atoms with Gasteiger partial charge in [-0.1, -0.05) is 18.2 Å². The number of carbonyl (C=O) groups excluding carboxylic acids is 1. The molecular formula is C19H22N2O4. The van der Waals surface area contributed by atoms with Gasteiger partial charge in [0.15, 0.2) is 0 Å². The molecule has 1 aromatic carbocycles. The fourth-order valence-corrected chi connectivity index (χ4v) is 2.82. The molecule has 2 atom stereocenters. The largest absolute Gasteiger partial charge is 0.496 e. The summed E-state index contributed by atoms with van der Waals surface area (Å²) in [6.45, 7) is 0.789. The van der Waals surface area contributed by atoms with Crippen molar-refractivity contribution in [1.29, 1.82) is 0 Å². The quantitative estimate of drug-likeness (QED) is 0.746. The zero-order valence-corrected chi connectivity index (χ0v) is 14.4. The summed E-state index contributed by atoms with van der Waals surface area (Å²) in [5.74, 6) is 1.28. The van der Waals surface area contributed by atoms with E-state index in [9.17, 15) is 4.79 Å². The number of nitrogens with one attached hydrogen (secondary N) is 1. The molecule has 1 aliphatic carbocycles. The number of aromatic nitrogens is 1. The van der Waals surface area contributed by atoms with Crippen molar-refractivity contribution in [3.05, 3.63) is 53.7 Å². The monoisotopic (exact) mass is 342 g/mol. The standard InChI is InChI=1S/C19H22N2O4/c1-23-10-11-25-19-14(7-5-9-20-19)18(22)21-16-12-15(16)13-6-3-4-8-17(13)24-2/h3-9,15-16H,10-12H2,1-2H3,(H,21,22)/t15-,16+/m1/s1. The molecule has 0 saturated heterocycles. The molecule has 0 spiro atoms. The normalized spacial score (nSPS) is 18.5. The van der Waals surface area contributed by atoms with Crippen molar-refractivity contribution in [1.82, 2.24) is 10.3 Å². The second kappa shape index (κ2) is 7.98. The molecule has 6 nitrogen and oxygen atoms in total. The summed E-state index contributed by atoms with van der Waals surface area (Å²) in [6.07, 6.45) is 2.50. The van der Waals surface area contributed by atoms with E-state index in [1.807, 2.05) is 24.3 Å². The van der Waals surface area contributed by atoms with Crippen molar-refractivity contribution in [3.63, 3.8) is 0 Å². The number of methoxy groups -OCH3 is 2. The highest BCUT2D eigenvalue weighted by atomic mass is 16.5. The van der Waals surface area contributed by atoms with E-state index in [0.29, 0.717) is 24.7 Å². The summed E-state index contributed by atoms with van der Waals surface area (Å²) < 4.78 is 15.9. The maximum atomic E-state index is 12.6. The van der Waals surface area contributed by atoms with Gasteiger partial charge in [-0.15, -0.1) is 0 Å². The summed E-state index contributed by atoms with van der Waals surface area (Å²) in [4.78, 5) is 16.7. The molecule has 6 heteroatoms. The van der Waals surface area contributed by atoms with Gasteiger partial charge < -0.3 is 19.5 Å². The van der Waals surface area contributed by atoms with E-state index >= 15 is 0 Å². The van der Waals surface area contributed by atoms with Gasteiger partial charge in [-0.2, -0.15) is 0 Å². The number of amides is 1. The predicted molar refractivity (Wildman–Crippen MR) is 93.2 cm³/mol. The number of hydrogen-bond acceptors (Lipinski definition) is 5. The molecule has 1 aromatic heterocycles. The van der Waals surface area contributed by atoms with E-state index in [1.54, 1.807) is 32.5 Å². The lowest BCUT2D eigenvalue weighted by Crippen LogP contribution is -2.27. The van der Waals surface area contributed by atoms with E-state index in [4.69, 9.17) is 14.2 Å². The van der Waals surface area contributed by atoms with Crippen molar-refractivity contribution in [2.24, 2.45) is 0 Å². The molecule has 2 aromatic rings. The Balaban J connectivity index is 1.64. The highest BCUT2D eigenvalue weighted by molar-refractivity contribution is 5.96. The molecule has 0 unspecified atom stereocenters. The number of benzene rings is 1. The molecule has 1 aliphatic rings. The molecule has 1 fully saturated rings. The van der Waals surface area contributed by atoms with Gasteiger partial charge in [-0.3, -0.25) is 4.79 Å². The first-order valence-corrected chi connectivity index (χ1v) is 8.25. The third kappa shape index (κ3) is 4.09. The van der Waals surface area contributed by atoms with Crippen LogP contribution in [0.2, 0.25) is 0 Å². The third-order valence-electron chi connectivity index (χ3n) is 4.19. The number of para-hydroxylation sites is 1. The van der Waals surface area contributed by atoms with Gasteiger partial charge in [0.2, 0.25) is 5.88 Å². The average molecular weight is 342 g/mol. The molecule has 0 bridgehead atoms. The number of pyridine rings is 1. The molecule has 0 radical (unpaired) electrons. The summed E-state index contributed by atoms with van der Waals surface area (Å²) in [6, 6.07) is 11.4. The Bertz CT molecular complexity index is 735. The minimum absolute atomic E-state index is 0.0934. The summed E-state index contributed by atoms with van der Waals surface area (Å²) in [5, 5.41) is 3.06. The van der Waals surface area contributed by atoms with Gasteiger partial charge >= 0.3 is 0 Å². The molecular weight excluding hydrogens is 320 g/mol. The number of carbonyl (C=O) groups is 1. The highest BCUT2D eigenvalue weighted by Gasteiger charge is 2.41. The average Bonchev–Trinajstić information content (AvgIpc) is 3.41. The van der Waals surface area contributed by atoms with Crippen LogP contribution in [0.25, 0.3) is 0 Å². The second-order valence-electron chi connectivity index (χ2n) is 5.86. The zero-order valence-electron chi connectivity index (χ0n) is 14.4. The maximum absolute atomic E-state index is 12.6. The SMILES string of the molecule is COCCOc1ncccc1C(=O)N[C@H]1C[C@@H]1c1ccccc1OC. The Morgan fingerprint density at radius 3 is 2.84 bits per heavy atom. The summed E-state index contributed by atoms with van der Waals surface area (Å²) in [7, 11) is 3.26. The molecule has 3 rings (SSSR count). The van der Waals surface area contributed by atoms with Crippen LogP contribution in [0.15, 0.2) is 42.6 Å². The lowest BCUT2D eigenvalue weighted by Gasteiger charge is -2.11. The van der Waals surface area contributed by atoms with E-state index in [2.05, 4.69) is 10.3 Å². The van der Waals surface area contributed by atoms with Crippen molar-refractivity contribution >= 4 is 5.91 Å². The Hall–Kier alpha value is -2.60. The van der Waals surface area contributed by atoms with Gasteiger partial charge in [-0.25, -0.2) is 4.98 Å². The van der Waals surface area contributed by atoms with E-state index in [0.717, 1.165) is 17.7 Å². The number of ether oxygens (including phenoxy) is 3. The maximum Gasteiger partial charge on any atom is 0.257 e. The van der Waals surface area contributed by atoms with Crippen LogP contribution in [0.1, 0.15) is 28.3 Å². The number of hydrogen-bond donors (Lipinski definition) is 1. The molecule has 1 saturated carbocycles. The third-order valence-corrected chi connectivity index (χ3v) is 4.19. The zero-order chi connectivity index (χ0) is 17.6. The predicted octanol–water partition coefficient (Wildman–Crippen LogP) is 2.40. The molecule has 1 amide bonds. The Labute approximate surface area is 147 Å². The second-order valence-corrected chi connectivity index (χ2v) is 5.86. The molecule has 0 aliphatic heterocycles. The first-order chi connectivity index (χ1) is 12.2. The van der Waals surface area contributed by atoms with Crippen molar-refractivity contribution in [2.45, 2.75) is 18.4 Å². The first-order valence-electron chi connectivity index (χ1n) is 8.25. The molecule has 1 heterocycles. The van der Waals surface area contributed by atoms with Crippen LogP contribution in [0.5, 0.6) is 11.6 Å². The van der Waals surface area contributed by atoms with E-state index < -0.39 is 0 Å². The Kier molecular flexibility index (Phi) is 5.50. The Morgan fingerprint density at radius 2 is 2.04 bits per heavy atom. The highest BCUT2D eigenvalue weighted by Crippen LogP contribution is 2.44. The summed E-state index contributed by atoms with van der Waals surface area (Å²) >= 11 is 0. The topological polar surface area (TPSA) is 69.7 Å². The lowest BCUT2D eigenvalue weighted by atomic mass is 10.1. The molecule has 25 heavy (non-hydrogen) atoms. The van der Waals surface area contributed by atoms with Crippen molar-refractivity contribution < 1.29 is 19.0 Å². The van der Waals surface area contributed by atoms with Crippen LogP contribution >= 0.6 is 0 Å². The molecule has 1 N–H and O–H groups in total.